The van der Waals surface area contributed by atoms with E-state index in [1.54, 1.807) is 16.7 Å². The quantitative estimate of drug-likeness (QED) is 0.838. The summed E-state index contributed by atoms with van der Waals surface area (Å²) in [4.78, 5) is 24.7. The van der Waals surface area contributed by atoms with E-state index in [4.69, 9.17) is 5.11 Å². The maximum Gasteiger partial charge on any atom is 0.305 e. The van der Waals surface area contributed by atoms with Gasteiger partial charge in [-0.1, -0.05) is 0 Å². The van der Waals surface area contributed by atoms with E-state index in [-0.39, 0.29) is 23.1 Å². The average molecular weight is 259 g/mol. The first-order chi connectivity index (χ1) is 7.82. The van der Waals surface area contributed by atoms with Crippen LogP contribution in [-0.4, -0.2) is 45.0 Å². The molecule has 1 N–H and O–H groups in total. The third-order valence-electron chi connectivity index (χ3n) is 2.83. The molecule has 1 aliphatic rings. The Balaban J connectivity index is 2.68. The van der Waals surface area contributed by atoms with Gasteiger partial charge in [-0.3, -0.25) is 9.59 Å². The van der Waals surface area contributed by atoms with Gasteiger partial charge in [0.1, 0.15) is 0 Å². The average Bonchev–Trinajstić information content (AvgIpc) is 2.67. The van der Waals surface area contributed by atoms with Crippen molar-refractivity contribution in [3.05, 3.63) is 0 Å². The summed E-state index contributed by atoms with van der Waals surface area (Å²) >= 11 is 1.69. The fourth-order valence-corrected chi connectivity index (χ4v) is 3.15. The van der Waals surface area contributed by atoms with Crippen molar-refractivity contribution in [1.82, 2.24) is 4.90 Å². The molecule has 1 saturated heterocycles. The Hall–Kier alpha value is -0.710. The Morgan fingerprint density at radius 3 is 2.47 bits per heavy atom. The minimum atomic E-state index is -0.855. The van der Waals surface area contributed by atoms with Crippen LogP contribution in [0.4, 0.5) is 0 Å². The van der Waals surface area contributed by atoms with Gasteiger partial charge in [0.15, 0.2) is 0 Å². The minimum absolute atomic E-state index is 0.0143. The first-order valence-corrected chi connectivity index (χ1v) is 7.02. The summed E-state index contributed by atoms with van der Waals surface area (Å²) in [5.41, 5.74) is -0.310. The molecule has 1 fully saturated rings. The van der Waals surface area contributed by atoms with Gasteiger partial charge in [-0.2, -0.15) is 0 Å². The SMILES string of the molecule is CC(C)(C)N(CCC(=O)O)C(=O)C1CCCS1. The number of carboxylic acids is 1. The lowest BCUT2D eigenvalue weighted by molar-refractivity contribution is -0.140. The fourth-order valence-electron chi connectivity index (χ4n) is 1.93. The van der Waals surface area contributed by atoms with Crippen LogP contribution < -0.4 is 0 Å². The molecule has 98 valence electrons. The van der Waals surface area contributed by atoms with Crippen molar-refractivity contribution in [2.45, 2.75) is 50.8 Å². The highest BCUT2D eigenvalue weighted by Crippen LogP contribution is 2.29. The van der Waals surface area contributed by atoms with Crippen LogP contribution in [0.3, 0.4) is 0 Å². The minimum Gasteiger partial charge on any atom is -0.481 e. The maximum absolute atomic E-state index is 12.3. The van der Waals surface area contributed by atoms with E-state index in [0.717, 1.165) is 18.6 Å². The molecular formula is C12H21NO3S. The van der Waals surface area contributed by atoms with E-state index in [1.165, 1.54) is 0 Å². The van der Waals surface area contributed by atoms with Crippen molar-refractivity contribution in [3.63, 3.8) is 0 Å². The lowest BCUT2D eigenvalue weighted by Gasteiger charge is -2.37. The van der Waals surface area contributed by atoms with E-state index in [1.807, 2.05) is 20.8 Å². The number of thioether (sulfide) groups is 1. The van der Waals surface area contributed by atoms with Gasteiger partial charge in [0.25, 0.3) is 0 Å². The number of rotatable bonds is 4. The second kappa shape index (κ2) is 5.76. The van der Waals surface area contributed by atoms with Crippen molar-refractivity contribution in [3.8, 4) is 0 Å². The predicted molar refractivity (Wildman–Crippen MR) is 69.2 cm³/mol. The molecule has 0 aromatic rings. The molecule has 4 nitrogen and oxygen atoms in total. The van der Waals surface area contributed by atoms with E-state index in [2.05, 4.69) is 0 Å². The molecule has 0 radical (unpaired) electrons. The zero-order valence-corrected chi connectivity index (χ0v) is 11.5. The highest BCUT2D eigenvalue weighted by atomic mass is 32.2. The van der Waals surface area contributed by atoms with Gasteiger partial charge in [0.2, 0.25) is 5.91 Å². The molecule has 0 spiro atoms. The molecule has 0 bridgehead atoms. The van der Waals surface area contributed by atoms with Crippen LogP contribution in [0.25, 0.3) is 0 Å². The first-order valence-electron chi connectivity index (χ1n) is 5.97. The number of hydrogen-bond acceptors (Lipinski definition) is 3. The number of carboxylic acid groups (broad SMARTS) is 1. The zero-order chi connectivity index (χ0) is 13.1. The molecule has 0 aliphatic carbocycles. The number of hydrogen-bond donors (Lipinski definition) is 1. The van der Waals surface area contributed by atoms with Crippen molar-refractivity contribution in [2.24, 2.45) is 0 Å². The molecule has 0 aromatic carbocycles. The Bertz CT molecular complexity index is 293. The smallest absolute Gasteiger partial charge is 0.305 e. The topological polar surface area (TPSA) is 57.6 Å². The monoisotopic (exact) mass is 259 g/mol. The van der Waals surface area contributed by atoms with E-state index < -0.39 is 5.97 Å². The molecule has 5 heteroatoms. The molecule has 0 saturated carbocycles. The summed E-state index contributed by atoms with van der Waals surface area (Å²) in [6.07, 6.45) is 2.02. The molecule has 1 atom stereocenters. The van der Waals surface area contributed by atoms with Crippen LogP contribution in [0.5, 0.6) is 0 Å². The van der Waals surface area contributed by atoms with Gasteiger partial charge in [0, 0.05) is 12.1 Å². The Morgan fingerprint density at radius 2 is 2.06 bits per heavy atom. The highest BCUT2D eigenvalue weighted by Gasteiger charge is 2.33. The number of carbonyl (C=O) groups excluding carboxylic acids is 1. The van der Waals surface area contributed by atoms with Crippen molar-refractivity contribution in [1.29, 1.82) is 0 Å². The summed E-state index contributed by atoms with van der Waals surface area (Å²) in [7, 11) is 0. The van der Waals surface area contributed by atoms with Crippen LogP contribution >= 0.6 is 11.8 Å². The molecule has 1 amide bonds. The second-order valence-electron chi connectivity index (χ2n) is 5.31. The molecule has 17 heavy (non-hydrogen) atoms. The number of aliphatic carboxylic acids is 1. The molecule has 1 rings (SSSR count). The molecule has 0 aromatic heterocycles. The van der Waals surface area contributed by atoms with Crippen LogP contribution in [0.15, 0.2) is 0 Å². The maximum atomic E-state index is 12.3. The Labute approximate surface area is 107 Å². The van der Waals surface area contributed by atoms with Gasteiger partial charge in [0.05, 0.1) is 11.7 Å². The van der Waals surface area contributed by atoms with Gasteiger partial charge in [-0.05, 0) is 39.4 Å². The fraction of sp³-hybridized carbons (Fsp3) is 0.833. The predicted octanol–water partition coefficient (Wildman–Crippen LogP) is 1.98. The lowest BCUT2D eigenvalue weighted by Crippen LogP contribution is -2.49. The van der Waals surface area contributed by atoms with Crippen molar-refractivity contribution in [2.75, 3.05) is 12.3 Å². The van der Waals surface area contributed by atoms with Crippen LogP contribution in [0.2, 0.25) is 0 Å². The van der Waals surface area contributed by atoms with E-state index in [9.17, 15) is 9.59 Å². The molecule has 1 unspecified atom stereocenters. The van der Waals surface area contributed by atoms with Crippen LogP contribution in [0, 0.1) is 0 Å². The molecule has 1 heterocycles. The van der Waals surface area contributed by atoms with E-state index in [0.29, 0.717) is 6.54 Å². The van der Waals surface area contributed by atoms with Crippen LogP contribution in [0.1, 0.15) is 40.0 Å². The third kappa shape index (κ3) is 4.22. The van der Waals surface area contributed by atoms with Crippen molar-refractivity contribution < 1.29 is 14.7 Å². The largest absolute Gasteiger partial charge is 0.481 e. The normalized spacial score (nSPS) is 20.3. The summed E-state index contributed by atoms with van der Waals surface area (Å²) in [5.74, 6) is 0.278. The number of carbonyl (C=O) groups is 2. The second-order valence-corrected chi connectivity index (χ2v) is 6.62. The third-order valence-corrected chi connectivity index (χ3v) is 4.19. The highest BCUT2D eigenvalue weighted by molar-refractivity contribution is 8.00. The van der Waals surface area contributed by atoms with Crippen LogP contribution in [-0.2, 0) is 9.59 Å². The van der Waals surface area contributed by atoms with Gasteiger partial charge >= 0.3 is 5.97 Å². The zero-order valence-electron chi connectivity index (χ0n) is 10.7. The lowest BCUT2D eigenvalue weighted by atomic mass is 10.0. The summed E-state index contributed by atoms with van der Waals surface area (Å²) in [5, 5.41) is 8.76. The Morgan fingerprint density at radius 1 is 1.41 bits per heavy atom. The Kier molecular flexibility index (Phi) is 4.86. The van der Waals surface area contributed by atoms with Gasteiger partial charge in [-0.15, -0.1) is 11.8 Å². The molecule has 1 aliphatic heterocycles. The summed E-state index contributed by atoms with van der Waals surface area (Å²) in [6, 6.07) is 0. The van der Waals surface area contributed by atoms with Gasteiger partial charge in [-0.25, -0.2) is 0 Å². The number of amides is 1. The van der Waals surface area contributed by atoms with Crippen molar-refractivity contribution >= 4 is 23.6 Å². The standard InChI is InChI=1S/C12H21NO3S/c1-12(2,3)13(7-6-10(14)15)11(16)9-5-4-8-17-9/h9H,4-8H2,1-3H3,(H,14,15). The summed E-state index contributed by atoms with van der Waals surface area (Å²) in [6.45, 7) is 6.15. The summed E-state index contributed by atoms with van der Waals surface area (Å²) < 4.78 is 0. The number of nitrogens with zero attached hydrogens (tertiary/aromatic N) is 1. The first kappa shape index (κ1) is 14.4. The van der Waals surface area contributed by atoms with E-state index >= 15 is 0 Å². The van der Waals surface area contributed by atoms with Gasteiger partial charge < -0.3 is 10.0 Å². The molecular weight excluding hydrogens is 238 g/mol.